The second-order valence-electron chi connectivity index (χ2n) is 9.11. The number of anilines is 2. The number of furan rings is 1. The van der Waals surface area contributed by atoms with E-state index < -0.39 is 41.0 Å². The number of Topliss-reactive ketones (excluding diaryl/α,β-unsaturated/α-hetero) is 1. The van der Waals surface area contributed by atoms with Crippen LogP contribution in [0.3, 0.4) is 0 Å². The van der Waals surface area contributed by atoms with Gasteiger partial charge in [-0.15, -0.1) is 0 Å². The Balaban J connectivity index is 1.68. The van der Waals surface area contributed by atoms with Crippen molar-refractivity contribution in [2.24, 2.45) is 0 Å². The monoisotopic (exact) mass is 519 g/mol. The van der Waals surface area contributed by atoms with Gasteiger partial charge in [-0.3, -0.25) is 29.4 Å². The third kappa shape index (κ3) is 4.65. The lowest BCUT2D eigenvalue weighted by molar-refractivity contribution is -0.402. The maximum atomic E-state index is 13.8. The normalized spacial score (nSPS) is 18.8. The number of hydrogen-bond donors (Lipinski definition) is 2. The number of hydrogen-bond acceptors (Lipinski definition) is 7. The predicted octanol–water partition coefficient (Wildman–Crippen LogP) is 5.09. The van der Waals surface area contributed by atoms with Crippen molar-refractivity contribution >= 4 is 34.9 Å². The van der Waals surface area contributed by atoms with Gasteiger partial charge in [0.05, 0.1) is 23.9 Å². The Labute approximate surface area is 215 Å². The van der Waals surface area contributed by atoms with Gasteiger partial charge in [0.1, 0.15) is 22.5 Å². The first kappa shape index (κ1) is 24.9. The van der Waals surface area contributed by atoms with Crippen molar-refractivity contribution in [1.29, 1.82) is 0 Å². The van der Waals surface area contributed by atoms with Crippen LogP contribution >= 0.6 is 0 Å². The molecule has 1 aliphatic heterocycles. The molecule has 0 saturated carbocycles. The number of carbonyl (C=O) groups is 3. The van der Waals surface area contributed by atoms with E-state index in [9.17, 15) is 34.0 Å². The average molecular weight is 519 g/mol. The van der Waals surface area contributed by atoms with E-state index in [1.165, 1.54) is 23.1 Å². The molecule has 1 aliphatic carbocycles. The summed E-state index contributed by atoms with van der Waals surface area (Å²) < 4.78 is 19.0. The van der Waals surface area contributed by atoms with E-state index >= 15 is 0 Å². The van der Waals surface area contributed by atoms with Gasteiger partial charge >= 0.3 is 11.9 Å². The molecule has 2 atom stereocenters. The minimum absolute atomic E-state index is 0.0000368. The van der Waals surface area contributed by atoms with Crippen LogP contribution in [0.1, 0.15) is 49.0 Å². The van der Waals surface area contributed by atoms with E-state index in [-0.39, 0.29) is 35.9 Å². The molecule has 10 nitrogen and oxygen atoms in total. The number of benzene rings is 2. The summed E-state index contributed by atoms with van der Waals surface area (Å²) in [6.07, 6.45) is -0.406. The molecule has 1 amide bonds. The molecule has 5 rings (SSSR count). The molecular weight excluding hydrogens is 497 g/mol. The first-order chi connectivity index (χ1) is 18.2. The fraction of sp³-hybridized carbons (Fsp3) is 0.222. The molecule has 2 aromatic carbocycles. The molecule has 0 unspecified atom stereocenters. The lowest BCUT2D eigenvalue weighted by Gasteiger charge is -2.33. The Hall–Kier alpha value is -4.80. The zero-order chi connectivity index (χ0) is 27.0. The van der Waals surface area contributed by atoms with Gasteiger partial charge in [-0.1, -0.05) is 24.3 Å². The highest BCUT2D eigenvalue weighted by atomic mass is 19.1. The predicted molar refractivity (Wildman–Crippen MR) is 133 cm³/mol. The van der Waals surface area contributed by atoms with Crippen molar-refractivity contribution in [3.8, 4) is 0 Å². The van der Waals surface area contributed by atoms with Gasteiger partial charge in [-0.05, 0) is 48.2 Å². The van der Waals surface area contributed by atoms with E-state index in [4.69, 9.17) is 4.42 Å². The summed E-state index contributed by atoms with van der Waals surface area (Å²) >= 11 is 0. The zero-order valence-electron chi connectivity index (χ0n) is 19.9. The van der Waals surface area contributed by atoms with Crippen LogP contribution in [0.15, 0.2) is 76.4 Å². The van der Waals surface area contributed by atoms with Gasteiger partial charge in [0.2, 0.25) is 5.91 Å². The van der Waals surface area contributed by atoms with Crippen LogP contribution in [0.2, 0.25) is 0 Å². The molecule has 0 bridgehead atoms. The first-order valence-corrected chi connectivity index (χ1v) is 11.9. The fourth-order valence-corrected chi connectivity index (χ4v) is 5.03. The number of nitrogens with one attached hydrogen (secondary N) is 1. The van der Waals surface area contributed by atoms with Crippen LogP contribution in [0.5, 0.6) is 0 Å². The largest absolute Gasteiger partial charge is 0.481 e. The molecule has 0 radical (unpaired) electrons. The number of nitro groups is 1. The van der Waals surface area contributed by atoms with Crippen LogP contribution < -0.4 is 10.2 Å². The minimum Gasteiger partial charge on any atom is -0.481 e. The second-order valence-corrected chi connectivity index (χ2v) is 9.11. The highest BCUT2D eigenvalue weighted by Crippen LogP contribution is 2.48. The van der Waals surface area contributed by atoms with Crippen LogP contribution in [0.4, 0.5) is 21.6 Å². The van der Waals surface area contributed by atoms with Crippen molar-refractivity contribution in [3.63, 3.8) is 0 Å². The van der Waals surface area contributed by atoms with Gasteiger partial charge in [0.15, 0.2) is 5.78 Å². The Morgan fingerprint density at radius 3 is 2.50 bits per heavy atom. The highest BCUT2D eigenvalue weighted by Gasteiger charge is 2.43. The highest BCUT2D eigenvalue weighted by molar-refractivity contribution is 6.06. The number of nitrogens with zero attached hydrogens (tertiary/aromatic N) is 2. The molecule has 0 spiro atoms. The lowest BCUT2D eigenvalue weighted by Crippen LogP contribution is -2.38. The van der Waals surface area contributed by atoms with Crippen LogP contribution in [0, 0.1) is 15.9 Å². The molecule has 11 heteroatoms. The first-order valence-electron chi connectivity index (χ1n) is 11.9. The molecule has 2 heterocycles. The van der Waals surface area contributed by atoms with E-state index in [1.807, 2.05) is 0 Å². The van der Waals surface area contributed by atoms with Crippen molar-refractivity contribution in [3.05, 3.63) is 99.2 Å². The summed E-state index contributed by atoms with van der Waals surface area (Å²) in [7, 11) is 0. The molecule has 2 aliphatic rings. The number of fused-ring (bicyclic) bond motifs is 1. The summed E-state index contributed by atoms with van der Waals surface area (Å²) in [6.45, 7) is 0. The van der Waals surface area contributed by atoms with Gasteiger partial charge in [-0.25, -0.2) is 4.39 Å². The third-order valence-electron chi connectivity index (χ3n) is 6.71. The summed E-state index contributed by atoms with van der Waals surface area (Å²) in [4.78, 5) is 50.5. The number of carboxylic acids is 1. The van der Waals surface area contributed by atoms with Gasteiger partial charge in [-0.2, -0.15) is 0 Å². The second kappa shape index (κ2) is 9.92. The molecule has 2 N–H and O–H groups in total. The number of ketones is 1. The molecular formula is C27H22FN3O7. The summed E-state index contributed by atoms with van der Waals surface area (Å²) in [5, 5.41) is 23.8. The summed E-state index contributed by atoms with van der Waals surface area (Å²) in [5.41, 5.74) is 2.34. The van der Waals surface area contributed by atoms with Crippen LogP contribution in [0.25, 0.3) is 0 Å². The Kier molecular flexibility index (Phi) is 6.50. The lowest BCUT2D eigenvalue weighted by atomic mass is 9.79. The van der Waals surface area contributed by atoms with E-state index in [2.05, 4.69) is 5.32 Å². The van der Waals surface area contributed by atoms with Gasteiger partial charge in [0, 0.05) is 24.1 Å². The molecule has 3 aromatic rings. The molecule has 194 valence electrons. The topological polar surface area (TPSA) is 143 Å². The Morgan fingerprint density at radius 2 is 1.82 bits per heavy atom. The molecule has 0 fully saturated rings. The third-order valence-corrected chi connectivity index (χ3v) is 6.71. The fourth-order valence-electron chi connectivity index (χ4n) is 5.03. The Morgan fingerprint density at radius 1 is 1.08 bits per heavy atom. The van der Waals surface area contributed by atoms with Crippen LogP contribution in [-0.4, -0.2) is 27.7 Å². The van der Waals surface area contributed by atoms with Crippen molar-refractivity contribution < 1.29 is 33.2 Å². The van der Waals surface area contributed by atoms with Crippen molar-refractivity contribution in [1.82, 2.24) is 0 Å². The molecule has 1 aromatic heterocycles. The quantitative estimate of drug-likeness (QED) is 0.339. The number of aliphatic carboxylic acids is 1. The number of para-hydroxylation sites is 2. The zero-order valence-corrected chi connectivity index (χ0v) is 19.9. The van der Waals surface area contributed by atoms with E-state index in [1.54, 1.807) is 36.4 Å². The number of allylic oxidation sites excluding steroid dienone is 1. The summed E-state index contributed by atoms with van der Waals surface area (Å²) in [6, 6.07) is 14.0. The maximum Gasteiger partial charge on any atom is 0.433 e. The minimum atomic E-state index is -1.17. The number of halogens is 1. The standard InChI is InChI=1S/C27H22FN3O7/c28-17-7-5-15(6-8-17)16-13-19-26(21(32)14-16)27(22-9-11-24(38-22)31(36)37)30(23(33)10-12-25(34)35)20-4-2-1-3-18(20)29-19/h1-9,11,16,27,29H,10,12-14H2,(H,34,35)/t16-,27+/m1/s1. The number of amides is 1. The number of rotatable bonds is 6. The number of carbonyl (C=O) groups excluding carboxylic acids is 2. The smallest absolute Gasteiger partial charge is 0.433 e. The van der Waals surface area contributed by atoms with Crippen LogP contribution in [-0.2, 0) is 14.4 Å². The van der Waals surface area contributed by atoms with Gasteiger partial charge in [0.25, 0.3) is 0 Å². The van der Waals surface area contributed by atoms with Gasteiger partial charge < -0.3 is 14.8 Å². The van der Waals surface area contributed by atoms with Crippen molar-refractivity contribution in [2.75, 3.05) is 10.2 Å². The average Bonchev–Trinajstić information content (AvgIpc) is 3.32. The van der Waals surface area contributed by atoms with Crippen molar-refractivity contribution in [2.45, 2.75) is 37.6 Å². The summed E-state index contributed by atoms with van der Waals surface area (Å²) in [5.74, 6) is -3.30. The number of carboxylic acid groups (broad SMARTS) is 1. The molecule has 0 saturated heterocycles. The maximum absolute atomic E-state index is 13.8. The van der Waals surface area contributed by atoms with E-state index in [0.717, 1.165) is 11.6 Å². The SMILES string of the molecule is O=C(O)CCC(=O)N1c2ccccc2NC2=C(C(=O)C[C@H](c3ccc(F)cc3)C2)[C@@H]1c1ccc([N+](=O)[O-])o1. The van der Waals surface area contributed by atoms with E-state index in [0.29, 0.717) is 23.5 Å². The Bertz CT molecular complexity index is 1480. The molecule has 38 heavy (non-hydrogen) atoms.